The fourth-order valence-corrected chi connectivity index (χ4v) is 3.18. The Labute approximate surface area is 138 Å². The van der Waals surface area contributed by atoms with E-state index in [-0.39, 0.29) is 0 Å². The van der Waals surface area contributed by atoms with Gasteiger partial charge >= 0.3 is 0 Å². The molecule has 3 rings (SSSR count). The van der Waals surface area contributed by atoms with E-state index in [1.165, 1.54) is 5.56 Å². The molecule has 2 aromatic rings. The Kier molecular flexibility index (Phi) is 4.76. The normalized spacial score (nSPS) is 16.4. The van der Waals surface area contributed by atoms with Crippen molar-refractivity contribution >= 4 is 11.5 Å². The molecule has 1 aliphatic heterocycles. The Morgan fingerprint density at radius 2 is 1.96 bits per heavy atom. The quantitative estimate of drug-likeness (QED) is 0.879. The molecular weight excluding hydrogens is 286 g/mol. The van der Waals surface area contributed by atoms with Crippen molar-refractivity contribution in [2.24, 2.45) is 0 Å². The van der Waals surface area contributed by atoms with Crippen LogP contribution in [0.3, 0.4) is 0 Å². The Morgan fingerprint density at radius 1 is 1.17 bits per heavy atom. The van der Waals surface area contributed by atoms with Crippen LogP contribution >= 0.6 is 0 Å². The number of benzene rings is 1. The zero-order valence-corrected chi connectivity index (χ0v) is 13.9. The lowest BCUT2D eigenvalue weighted by Crippen LogP contribution is -2.43. The summed E-state index contributed by atoms with van der Waals surface area (Å²) in [6.45, 7) is 5.14. The van der Waals surface area contributed by atoms with Gasteiger partial charge in [-0.3, -0.25) is 4.90 Å². The molecule has 5 nitrogen and oxygen atoms in total. The molecule has 0 spiro atoms. The predicted molar refractivity (Wildman–Crippen MR) is 94.3 cm³/mol. The molecule has 0 atom stereocenters. The average Bonchev–Trinajstić information content (AvgIpc) is 2.56. The molecule has 1 aromatic carbocycles. The molecule has 0 saturated carbocycles. The van der Waals surface area contributed by atoms with Crippen molar-refractivity contribution in [3.63, 3.8) is 0 Å². The van der Waals surface area contributed by atoms with Crippen molar-refractivity contribution in [2.45, 2.75) is 32.4 Å². The second-order valence-corrected chi connectivity index (χ2v) is 6.40. The highest BCUT2D eigenvalue weighted by molar-refractivity contribution is 5.40. The highest BCUT2D eigenvalue weighted by atomic mass is 15.3. The number of rotatable bonds is 4. The Hall–Kier alpha value is -2.14. The summed E-state index contributed by atoms with van der Waals surface area (Å²) in [4.78, 5) is 4.77. The molecular formula is C18H25N5. The van der Waals surface area contributed by atoms with E-state index in [1.807, 2.05) is 25.1 Å². The summed E-state index contributed by atoms with van der Waals surface area (Å²) in [6.07, 6.45) is 2.29. The van der Waals surface area contributed by atoms with Crippen LogP contribution in [0.2, 0.25) is 0 Å². The van der Waals surface area contributed by atoms with Crippen molar-refractivity contribution in [3.05, 3.63) is 47.7 Å². The minimum Gasteiger partial charge on any atom is -0.399 e. The molecule has 1 saturated heterocycles. The molecule has 1 fully saturated rings. The van der Waals surface area contributed by atoms with E-state index >= 15 is 0 Å². The van der Waals surface area contributed by atoms with E-state index in [0.717, 1.165) is 49.7 Å². The zero-order valence-electron chi connectivity index (χ0n) is 13.9. The van der Waals surface area contributed by atoms with Gasteiger partial charge < -0.3 is 10.6 Å². The maximum absolute atomic E-state index is 5.86. The van der Waals surface area contributed by atoms with Gasteiger partial charge in [0.15, 0.2) is 5.82 Å². The van der Waals surface area contributed by atoms with Gasteiger partial charge in [-0.2, -0.15) is 5.10 Å². The number of nitrogens with two attached hydrogens (primary N) is 1. The second-order valence-electron chi connectivity index (χ2n) is 6.40. The molecule has 0 unspecified atom stereocenters. The highest BCUT2D eigenvalue weighted by Crippen LogP contribution is 2.21. The third kappa shape index (κ3) is 3.99. The summed E-state index contributed by atoms with van der Waals surface area (Å²) in [5, 5.41) is 8.46. The Balaban J connectivity index is 1.54. The van der Waals surface area contributed by atoms with Gasteiger partial charge in [0, 0.05) is 38.4 Å². The fourth-order valence-electron chi connectivity index (χ4n) is 3.18. The summed E-state index contributed by atoms with van der Waals surface area (Å²) in [6, 6.07) is 12.8. The third-order valence-electron chi connectivity index (χ3n) is 4.61. The van der Waals surface area contributed by atoms with Crippen molar-refractivity contribution in [3.8, 4) is 0 Å². The number of anilines is 2. The minimum absolute atomic E-state index is 0.532. The number of aryl methyl sites for hydroxylation is 1. The fraction of sp³-hybridized carbons (Fsp3) is 0.444. The molecule has 1 aliphatic rings. The number of nitrogen functional groups attached to an aromatic ring is 1. The van der Waals surface area contributed by atoms with Gasteiger partial charge in [-0.25, -0.2) is 0 Å². The van der Waals surface area contributed by atoms with Gasteiger partial charge in [-0.05, 0) is 49.6 Å². The van der Waals surface area contributed by atoms with Crippen LogP contribution in [-0.4, -0.2) is 41.3 Å². The molecule has 5 heteroatoms. The van der Waals surface area contributed by atoms with Crippen LogP contribution in [0.25, 0.3) is 0 Å². The van der Waals surface area contributed by atoms with E-state index < -0.39 is 0 Å². The number of hydrogen-bond acceptors (Lipinski definition) is 5. The number of aromatic nitrogens is 2. The monoisotopic (exact) mass is 311 g/mol. The molecule has 0 amide bonds. The van der Waals surface area contributed by atoms with Crippen molar-refractivity contribution in [2.75, 3.05) is 30.8 Å². The lowest BCUT2D eigenvalue weighted by Gasteiger charge is -2.37. The first-order valence-corrected chi connectivity index (χ1v) is 8.22. The third-order valence-corrected chi connectivity index (χ3v) is 4.61. The van der Waals surface area contributed by atoms with E-state index in [0.29, 0.717) is 6.04 Å². The second kappa shape index (κ2) is 6.96. The van der Waals surface area contributed by atoms with Crippen LogP contribution in [-0.2, 0) is 6.54 Å². The van der Waals surface area contributed by atoms with Crippen molar-refractivity contribution in [1.82, 2.24) is 15.1 Å². The van der Waals surface area contributed by atoms with Crippen LogP contribution in [0, 0.1) is 6.92 Å². The van der Waals surface area contributed by atoms with Gasteiger partial charge in [0.2, 0.25) is 0 Å². The first-order valence-electron chi connectivity index (χ1n) is 8.22. The Morgan fingerprint density at radius 3 is 2.61 bits per heavy atom. The van der Waals surface area contributed by atoms with Gasteiger partial charge in [0.25, 0.3) is 0 Å². The van der Waals surface area contributed by atoms with E-state index in [2.05, 4.69) is 45.2 Å². The molecule has 1 aromatic heterocycles. The summed E-state index contributed by atoms with van der Waals surface area (Å²) in [7, 11) is 2.12. The Bertz CT molecular complexity index is 632. The van der Waals surface area contributed by atoms with Gasteiger partial charge in [-0.1, -0.05) is 12.1 Å². The number of piperidine rings is 1. The standard InChI is InChI=1S/C18H25N5/c1-14-6-7-18(21-20-14)22(2)17-8-10-23(11-9-17)13-15-4-3-5-16(19)12-15/h3-7,12,17H,8-11,13,19H2,1-2H3. The highest BCUT2D eigenvalue weighted by Gasteiger charge is 2.23. The largest absolute Gasteiger partial charge is 0.399 e. The van der Waals surface area contributed by atoms with Crippen molar-refractivity contribution < 1.29 is 0 Å². The molecule has 23 heavy (non-hydrogen) atoms. The lowest BCUT2D eigenvalue weighted by molar-refractivity contribution is 0.203. The number of likely N-dealkylation sites (tertiary alicyclic amines) is 1. The predicted octanol–water partition coefficient (Wildman–Crippen LogP) is 2.47. The molecule has 0 bridgehead atoms. The first kappa shape index (κ1) is 15.7. The molecule has 122 valence electrons. The summed E-state index contributed by atoms with van der Waals surface area (Å²) in [5.74, 6) is 0.963. The van der Waals surface area contributed by atoms with E-state index in [1.54, 1.807) is 0 Å². The van der Waals surface area contributed by atoms with E-state index in [4.69, 9.17) is 5.73 Å². The van der Waals surface area contributed by atoms with Crippen LogP contribution in [0.15, 0.2) is 36.4 Å². The molecule has 0 aliphatic carbocycles. The number of nitrogens with zero attached hydrogens (tertiary/aromatic N) is 4. The van der Waals surface area contributed by atoms with Gasteiger partial charge in [0.05, 0.1) is 5.69 Å². The zero-order chi connectivity index (χ0) is 16.2. The van der Waals surface area contributed by atoms with Crippen LogP contribution in [0.4, 0.5) is 11.5 Å². The smallest absolute Gasteiger partial charge is 0.151 e. The van der Waals surface area contributed by atoms with Crippen molar-refractivity contribution in [1.29, 1.82) is 0 Å². The molecule has 2 heterocycles. The molecule has 0 radical (unpaired) electrons. The van der Waals surface area contributed by atoms with Crippen LogP contribution in [0.1, 0.15) is 24.1 Å². The maximum Gasteiger partial charge on any atom is 0.151 e. The molecule has 2 N–H and O–H groups in total. The van der Waals surface area contributed by atoms with Gasteiger partial charge in [0.1, 0.15) is 0 Å². The van der Waals surface area contributed by atoms with E-state index in [9.17, 15) is 0 Å². The summed E-state index contributed by atoms with van der Waals surface area (Å²) < 4.78 is 0. The first-order chi connectivity index (χ1) is 11.1. The minimum atomic E-state index is 0.532. The topological polar surface area (TPSA) is 58.3 Å². The van der Waals surface area contributed by atoms with Gasteiger partial charge in [-0.15, -0.1) is 5.10 Å². The summed E-state index contributed by atoms with van der Waals surface area (Å²) in [5.41, 5.74) is 8.96. The van der Waals surface area contributed by atoms with Crippen LogP contribution < -0.4 is 10.6 Å². The van der Waals surface area contributed by atoms with Crippen LogP contribution in [0.5, 0.6) is 0 Å². The number of hydrogen-bond donors (Lipinski definition) is 1. The maximum atomic E-state index is 5.86. The SMILES string of the molecule is Cc1ccc(N(C)C2CCN(Cc3cccc(N)c3)CC2)nn1. The summed E-state index contributed by atoms with van der Waals surface area (Å²) >= 11 is 0. The lowest BCUT2D eigenvalue weighted by atomic mass is 10.0. The average molecular weight is 311 g/mol.